The number of thiophene rings is 1. The highest BCUT2D eigenvalue weighted by Crippen LogP contribution is 2.28. The summed E-state index contributed by atoms with van der Waals surface area (Å²) < 4.78 is 13.2. The van der Waals surface area contributed by atoms with E-state index in [0.717, 1.165) is 10.4 Å². The van der Waals surface area contributed by atoms with Crippen molar-refractivity contribution in [2.75, 3.05) is 6.61 Å². The van der Waals surface area contributed by atoms with Crippen molar-refractivity contribution in [2.45, 2.75) is 46.1 Å². The van der Waals surface area contributed by atoms with E-state index in [4.69, 9.17) is 9.47 Å². The van der Waals surface area contributed by atoms with E-state index < -0.39 is 11.5 Å². The lowest BCUT2D eigenvalue weighted by Crippen LogP contribution is -2.43. The molecule has 0 radical (unpaired) electrons. The first kappa shape index (κ1) is 21.3. The van der Waals surface area contributed by atoms with Gasteiger partial charge in [-0.15, -0.1) is 11.3 Å². The van der Waals surface area contributed by atoms with Crippen LogP contribution in [0.5, 0.6) is 5.75 Å². The summed E-state index contributed by atoms with van der Waals surface area (Å²) in [6.45, 7) is 6.97. The molecule has 3 heterocycles. The van der Waals surface area contributed by atoms with Crippen molar-refractivity contribution in [1.82, 2.24) is 14.9 Å². The zero-order chi connectivity index (χ0) is 22.0. The Kier molecular flexibility index (Phi) is 5.93. The average Bonchev–Trinajstić information content (AvgIpc) is 3.17. The van der Waals surface area contributed by atoms with E-state index in [-0.39, 0.29) is 23.6 Å². The number of rotatable bonds is 6. The molecule has 1 N–H and O–H groups in total. The number of fused-ring (bicyclic) bond motifs is 1. The molecule has 1 aromatic carbocycles. The number of hydrogen-bond acceptors (Lipinski definition) is 6. The van der Waals surface area contributed by atoms with E-state index in [2.05, 4.69) is 10.3 Å². The number of nitrogens with one attached hydrogen (secondary N) is 1. The number of carbonyl (C=O) groups excluding carboxylic acids is 1. The molecule has 1 amide bonds. The smallest absolute Gasteiger partial charge is 0.296 e. The van der Waals surface area contributed by atoms with Crippen LogP contribution in [0.15, 0.2) is 47.3 Å². The average molecular weight is 440 g/mol. The van der Waals surface area contributed by atoms with E-state index in [1.54, 1.807) is 15.9 Å². The number of aromatic nitrogens is 2. The minimum Gasteiger partial charge on any atom is -0.481 e. The number of benzene rings is 1. The van der Waals surface area contributed by atoms with Crippen molar-refractivity contribution < 1.29 is 14.3 Å². The van der Waals surface area contributed by atoms with Gasteiger partial charge in [0.1, 0.15) is 18.0 Å². The standard InChI is InChI=1S/C23H25N3O4S/c1-15-9-10-17(31-15)13-24-20(27)18-19(29-14-16-7-5-4-6-8-16)21(28)26-11-12-30-23(2,3)22(26)25-18/h4-10H,11-14H2,1-3H3,(H,24,27). The Bertz CT molecular complexity index is 1150. The first-order valence-electron chi connectivity index (χ1n) is 10.1. The lowest BCUT2D eigenvalue weighted by atomic mass is 10.1. The van der Waals surface area contributed by atoms with Crippen LogP contribution in [0.2, 0.25) is 0 Å². The molecule has 0 unspecified atom stereocenters. The van der Waals surface area contributed by atoms with Crippen LogP contribution in [0.25, 0.3) is 0 Å². The molecule has 0 saturated carbocycles. The molecule has 0 saturated heterocycles. The molecule has 0 fully saturated rings. The molecular weight excluding hydrogens is 414 g/mol. The first-order valence-corrected chi connectivity index (χ1v) is 11.0. The van der Waals surface area contributed by atoms with Crippen LogP contribution in [0, 0.1) is 6.92 Å². The van der Waals surface area contributed by atoms with Crippen molar-refractivity contribution in [1.29, 1.82) is 0 Å². The van der Waals surface area contributed by atoms with Gasteiger partial charge in [-0.3, -0.25) is 14.2 Å². The third kappa shape index (κ3) is 4.55. The minimum atomic E-state index is -0.782. The van der Waals surface area contributed by atoms with Crippen LogP contribution >= 0.6 is 11.3 Å². The van der Waals surface area contributed by atoms with E-state index in [9.17, 15) is 9.59 Å². The summed E-state index contributed by atoms with van der Waals surface area (Å²) in [4.78, 5) is 33.1. The topological polar surface area (TPSA) is 82.5 Å². The fraction of sp³-hybridized carbons (Fsp3) is 0.348. The van der Waals surface area contributed by atoms with Crippen molar-refractivity contribution in [3.05, 3.63) is 79.7 Å². The zero-order valence-electron chi connectivity index (χ0n) is 17.8. The second-order valence-corrected chi connectivity index (χ2v) is 9.27. The van der Waals surface area contributed by atoms with E-state index in [0.29, 0.717) is 25.5 Å². The van der Waals surface area contributed by atoms with Gasteiger partial charge in [0.05, 0.1) is 19.7 Å². The van der Waals surface area contributed by atoms with Gasteiger partial charge in [0.15, 0.2) is 5.69 Å². The second kappa shape index (κ2) is 8.64. The number of carbonyl (C=O) groups is 1. The van der Waals surface area contributed by atoms with Gasteiger partial charge in [0.25, 0.3) is 11.5 Å². The fourth-order valence-electron chi connectivity index (χ4n) is 3.51. The summed E-state index contributed by atoms with van der Waals surface area (Å²) in [5, 5.41) is 2.87. The lowest BCUT2D eigenvalue weighted by molar-refractivity contribution is -0.0567. The summed E-state index contributed by atoms with van der Waals surface area (Å²) >= 11 is 1.61. The Balaban J connectivity index is 1.69. The number of hydrogen-bond donors (Lipinski definition) is 1. The van der Waals surface area contributed by atoms with Gasteiger partial charge in [0, 0.05) is 9.75 Å². The van der Waals surface area contributed by atoms with E-state index >= 15 is 0 Å². The molecule has 1 aliphatic heterocycles. The Morgan fingerprint density at radius 3 is 2.74 bits per heavy atom. The monoisotopic (exact) mass is 439 g/mol. The molecule has 4 rings (SSSR count). The Morgan fingerprint density at radius 2 is 2.03 bits per heavy atom. The van der Waals surface area contributed by atoms with Crippen molar-refractivity contribution in [3.63, 3.8) is 0 Å². The molecule has 0 bridgehead atoms. The van der Waals surface area contributed by atoms with Gasteiger partial charge in [-0.1, -0.05) is 30.3 Å². The van der Waals surface area contributed by atoms with Crippen LogP contribution in [0.4, 0.5) is 0 Å². The van der Waals surface area contributed by atoms with Crippen LogP contribution in [-0.4, -0.2) is 22.1 Å². The van der Waals surface area contributed by atoms with E-state index in [1.807, 2.05) is 63.2 Å². The number of aryl methyl sites for hydroxylation is 1. The Morgan fingerprint density at radius 1 is 1.26 bits per heavy atom. The highest BCUT2D eigenvalue weighted by molar-refractivity contribution is 7.11. The normalized spacial score (nSPS) is 14.7. The van der Waals surface area contributed by atoms with Gasteiger partial charge < -0.3 is 14.8 Å². The Labute approximate surface area is 184 Å². The molecular formula is C23H25N3O4S. The summed E-state index contributed by atoms with van der Waals surface area (Å²) in [6.07, 6.45) is 0. The maximum atomic E-state index is 13.3. The highest BCUT2D eigenvalue weighted by atomic mass is 32.1. The number of amides is 1. The Hall–Kier alpha value is -2.97. The van der Waals surface area contributed by atoms with Gasteiger partial charge in [0.2, 0.25) is 5.75 Å². The number of ether oxygens (including phenoxy) is 2. The molecule has 0 aliphatic carbocycles. The van der Waals surface area contributed by atoms with Gasteiger partial charge in [-0.2, -0.15) is 0 Å². The van der Waals surface area contributed by atoms with Crippen molar-refractivity contribution in [2.24, 2.45) is 0 Å². The lowest BCUT2D eigenvalue weighted by Gasteiger charge is -2.32. The molecule has 3 aromatic rings. The summed E-state index contributed by atoms with van der Waals surface area (Å²) in [5.41, 5.74) is -0.267. The maximum absolute atomic E-state index is 13.3. The molecule has 0 atom stereocenters. The summed E-state index contributed by atoms with van der Waals surface area (Å²) in [7, 11) is 0. The predicted molar refractivity (Wildman–Crippen MR) is 118 cm³/mol. The molecule has 1 aliphatic rings. The minimum absolute atomic E-state index is 0.0148. The molecule has 0 spiro atoms. The number of nitrogens with zero attached hydrogens (tertiary/aromatic N) is 2. The third-order valence-electron chi connectivity index (χ3n) is 5.10. The van der Waals surface area contributed by atoms with Gasteiger partial charge in [-0.05, 0) is 38.5 Å². The fourth-order valence-corrected chi connectivity index (χ4v) is 4.34. The van der Waals surface area contributed by atoms with E-state index in [1.165, 1.54) is 4.88 Å². The zero-order valence-corrected chi connectivity index (χ0v) is 18.6. The first-order chi connectivity index (χ1) is 14.8. The predicted octanol–water partition coefficient (Wildman–Crippen LogP) is 3.39. The third-order valence-corrected chi connectivity index (χ3v) is 6.11. The molecule has 162 valence electrons. The second-order valence-electron chi connectivity index (χ2n) is 7.90. The van der Waals surface area contributed by atoms with Crippen LogP contribution < -0.4 is 15.6 Å². The molecule has 7 nitrogen and oxygen atoms in total. The van der Waals surface area contributed by atoms with Gasteiger partial charge in [-0.25, -0.2) is 4.98 Å². The van der Waals surface area contributed by atoms with Crippen molar-refractivity contribution in [3.8, 4) is 5.75 Å². The molecule has 8 heteroatoms. The molecule has 31 heavy (non-hydrogen) atoms. The quantitative estimate of drug-likeness (QED) is 0.637. The van der Waals surface area contributed by atoms with Crippen molar-refractivity contribution >= 4 is 17.2 Å². The maximum Gasteiger partial charge on any atom is 0.296 e. The summed E-state index contributed by atoms with van der Waals surface area (Å²) in [6, 6.07) is 13.5. The van der Waals surface area contributed by atoms with Crippen LogP contribution in [-0.2, 0) is 30.0 Å². The summed E-state index contributed by atoms with van der Waals surface area (Å²) in [5.74, 6) is -0.0610. The largest absolute Gasteiger partial charge is 0.481 e. The van der Waals surface area contributed by atoms with Crippen LogP contribution in [0.3, 0.4) is 0 Å². The SMILES string of the molecule is Cc1ccc(CNC(=O)c2nc3n(c(=O)c2OCc2ccccc2)CCOC3(C)C)s1. The highest BCUT2D eigenvalue weighted by Gasteiger charge is 2.34. The van der Waals surface area contributed by atoms with Gasteiger partial charge >= 0.3 is 0 Å². The van der Waals surface area contributed by atoms with Crippen LogP contribution in [0.1, 0.15) is 45.5 Å². The molecule has 2 aromatic heterocycles.